The zero-order valence-electron chi connectivity index (χ0n) is 16.7. The van der Waals surface area contributed by atoms with Crippen LogP contribution in [-0.2, 0) is 16.7 Å². The molecule has 7 nitrogen and oxygen atoms in total. The van der Waals surface area contributed by atoms with Crippen LogP contribution in [0.3, 0.4) is 0 Å². The number of hydrogen-bond donors (Lipinski definition) is 1. The van der Waals surface area contributed by atoms with E-state index < -0.39 is 41.4 Å². The molecule has 0 bridgehead atoms. The van der Waals surface area contributed by atoms with Crippen LogP contribution in [0.5, 0.6) is 5.88 Å². The van der Waals surface area contributed by atoms with Crippen molar-refractivity contribution in [2.45, 2.75) is 24.5 Å². The van der Waals surface area contributed by atoms with Crippen LogP contribution < -0.4 is 10.5 Å². The van der Waals surface area contributed by atoms with Crippen molar-refractivity contribution in [1.82, 2.24) is 9.97 Å². The topological polar surface area (TPSA) is 99.7 Å². The number of Topliss-reactive ketones (excluding diaryl/α,β-unsaturated/α-hetero) is 1. The van der Waals surface area contributed by atoms with E-state index in [-0.39, 0.29) is 46.6 Å². The van der Waals surface area contributed by atoms with Gasteiger partial charge in [0.25, 0.3) is 6.43 Å². The fourth-order valence-corrected chi connectivity index (χ4v) is 5.00. The fraction of sp³-hybridized carbons (Fsp3) is 0.400. The lowest BCUT2D eigenvalue weighted by atomic mass is 9.78. The van der Waals surface area contributed by atoms with Crippen LogP contribution in [0.2, 0.25) is 0 Å². The molecule has 1 saturated heterocycles. The van der Waals surface area contributed by atoms with Crippen molar-refractivity contribution in [2.75, 3.05) is 19.5 Å². The number of amidine groups is 1. The Bertz CT molecular complexity index is 1070. The Morgan fingerprint density at radius 2 is 2.12 bits per heavy atom. The summed E-state index contributed by atoms with van der Waals surface area (Å²) in [6.07, 6.45) is -2.19. The Morgan fingerprint density at radius 3 is 2.78 bits per heavy atom. The lowest BCUT2D eigenvalue weighted by Gasteiger charge is -2.36. The number of halogens is 4. The molecule has 4 rings (SSSR count). The Labute approximate surface area is 184 Å². The van der Waals surface area contributed by atoms with E-state index in [1.165, 1.54) is 25.6 Å². The minimum atomic E-state index is -2.83. The number of aromatic nitrogens is 2. The van der Waals surface area contributed by atoms with Crippen molar-refractivity contribution in [2.24, 2.45) is 16.6 Å². The lowest BCUT2D eigenvalue weighted by molar-refractivity contribution is -0.0359. The summed E-state index contributed by atoms with van der Waals surface area (Å²) in [5.41, 5.74) is 4.07. The molecule has 12 heteroatoms. The van der Waals surface area contributed by atoms with Gasteiger partial charge in [0.1, 0.15) is 17.3 Å². The molecular formula is C20H18F4N4O3S. The highest BCUT2D eigenvalue weighted by Gasteiger charge is 2.57. The van der Waals surface area contributed by atoms with Gasteiger partial charge < -0.3 is 15.2 Å². The SMILES string of the molecule is COc1cnc(C(=O)Cc2cc(F)c(F)c([C@]34CO[C@H](C(F)F)[C@H]3CSC(N)=N4)c2)cn1. The second kappa shape index (κ2) is 8.66. The van der Waals surface area contributed by atoms with Gasteiger partial charge in [-0.3, -0.25) is 4.79 Å². The second-order valence-electron chi connectivity index (χ2n) is 7.39. The number of fused-ring (bicyclic) bond motifs is 1. The molecule has 170 valence electrons. The second-order valence-corrected chi connectivity index (χ2v) is 8.43. The number of ether oxygens (including phenoxy) is 2. The largest absolute Gasteiger partial charge is 0.480 e. The molecule has 2 aliphatic rings. The maximum Gasteiger partial charge on any atom is 0.264 e. The molecule has 2 aromatic rings. The third kappa shape index (κ3) is 3.92. The first-order valence-corrected chi connectivity index (χ1v) is 10.5. The summed E-state index contributed by atoms with van der Waals surface area (Å²) < 4.78 is 66.7. The van der Waals surface area contributed by atoms with Crippen molar-refractivity contribution in [3.63, 3.8) is 0 Å². The van der Waals surface area contributed by atoms with Gasteiger partial charge in [-0.1, -0.05) is 11.8 Å². The van der Waals surface area contributed by atoms with E-state index in [1.807, 2.05) is 0 Å². The van der Waals surface area contributed by atoms with E-state index in [4.69, 9.17) is 15.2 Å². The highest BCUT2D eigenvalue weighted by Crippen LogP contribution is 2.49. The van der Waals surface area contributed by atoms with Crippen molar-refractivity contribution in [3.05, 3.63) is 53.0 Å². The number of ketones is 1. The molecular weight excluding hydrogens is 452 g/mol. The Hall–Kier alpha value is -2.73. The van der Waals surface area contributed by atoms with Gasteiger partial charge in [-0.15, -0.1) is 0 Å². The predicted molar refractivity (Wildman–Crippen MR) is 108 cm³/mol. The normalized spacial score (nSPS) is 24.9. The van der Waals surface area contributed by atoms with Crippen LogP contribution in [0.4, 0.5) is 17.6 Å². The highest BCUT2D eigenvalue weighted by molar-refractivity contribution is 8.13. The molecule has 3 heterocycles. The Balaban J connectivity index is 1.72. The summed E-state index contributed by atoms with van der Waals surface area (Å²) >= 11 is 1.05. The first kappa shape index (κ1) is 22.5. The number of aliphatic imine (C=N–C) groups is 1. The quantitative estimate of drug-likeness (QED) is 0.512. The van der Waals surface area contributed by atoms with Gasteiger partial charge in [0.05, 0.1) is 26.1 Å². The van der Waals surface area contributed by atoms with Crippen molar-refractivity contribution < 1.29 is 31.8 Å². The molecule has 2 aliphatic heterocycles. The van der Waals surface area contributed by atoms with Gasteiger partial charge in [-0.05, 0) is 17.7 Å². The summed E-state index contributed by atoms with van der Waals surface area (Å²) in [5.74, 6) is -3.57. The maximum absolute atomic E-state index is 14.9. The number of carbonyl (C=O) groups excluding carboxylic acids is 1. The Morgan fingerprint density at radius 1 is 1.34 bits per heavy atom. The molecule has 32 heavy (non-hydrogen) atoms. The molecule has 0 unspecified atom stereocenters. The van der Waals surface area contributed by atoms with Gasteiger partial charge in [-0.25, -0.2) is 32.5 Å². The molecule has 1 fully saturated rings. The zero-order chi connectivity index (χ0) is 23.0. The van der Waals surface area contributed by atoms with Crippen LogP contribution in [0, 0.1) is 17.6 Å². The predicted octanol–water partition coefficient (Wildman–Crippen LogP) is 2.73. The summed E-state index contributed by atoms with van der Waals surface area (Å²) in [5, 5.41) is 0.0644. The number of methoxy groups -OCH3 is 1. The number of hydrogen-bond acceptors (Lipinski definition) is 8. The third-order valence-corrected chi connectivity index (χ3v) is 6.43. The van der Waals surface area contributed by atoms with Crippen molar-refractivity contribution in [3.8, 4) is 5.88 Å². The zero-order valence-corrected chi connectivity index (χ0v) is 17.5. The number of carbonyl (C=O) groups is 1. The fourth-order valence-electron chi connectivity index (χ4n) is 3.96. The Kier molecular flexibility index (Phi) is 6.08. The summed E-state index contributed by atoms with van der Waals surface area (Å²) in [6, 6.07) is 2.13. The third-order valence-electron chi connectivity index (χ3n) is 5.52. The van der Waals surface area contributed by atoms with E-state index >= 15 is 0 Å². The van der Waals surface area contributed by atoms with Crippen LogP contribution in [0.25, 0.3) is 0 Å². The average Bonchev–Trinajstić information content (AvgIpc) is 3.15. The molecule has 1 aromatic carbocycles. The van der Waals surface area contributed by atoms with Crippen LogP contribution >= 0.6 is 11.8 Å². The van der Waals surface area contributed by atoms with Crippen molar-refractivity contribution >= 4 is 22.7 Å². The smallest absolute Gasteiger partial charge is 0.264 e. The van der Waals surface area contributed by atoms with E-state index in [0.717, 1.165) is 17.8 Å². The molecule has 2 N–H and O–H groups in total. The molecule has 0 spiro atoms. The molecule has 0 aliphatic carbocycles. The van der Waals surface area contributed by atoms with Gasteiger partial charge in [-0.2, -0.15) is 0 Å². The number of thioether (sulfide) groups is 1. The van der Waals surface area contributed by atoms with Gasteiger partial charge in [0, 0.05) is 23.7 Å². The highest BCUT2D eigenvalue weighted by atomic mass is 32.2. The van der Waals surface area contributed by atoms with E-state index in [9.17, 15) is 22.4 Å². The molecule has 0 amide bonds. The summed E-state index contributed by atoms with van der Waals surface area (Å²) in [4.78, 5) is 24.7. The van der Waals surface area contributed by atoms with E-state index in [1.54, 1.807) is 0 Å². The van der Waals surface area contributed by atoms with Crippen LogP contribution in [0.15, 0.2) is 29.5 Å². The number of rotatable bonds is 6. The van der Waals surface area contributed by atoms with Gasteiger partial charge in [0.2, 0.25) is 5.88 Å². The molecule has 1 aromatic heterocycles. The van der Waals surface area contributed by atoms with Crippen LogP contribution in [-0.4, -0.2) is 52.9 Å². The first-order valence-electron chi connectivity index (χ1n) is 9.50. The number of nitrogens with two attached hydrogens (primary N) is 1. The lowest BCUT2D eigenvalue weighted by Crippen LogP contribution is -2.44. The summed E-state index contributed by atoms with van der Waals surface area (Å²) in [6.45, 7) is -0.383. The van der Waals surface area contributed by atoms with Gasteiger partial charge in [0.15, 0.2) is 22.6 Å². The van der Waals surface area contributed by atoms with Crippen LogP contribution in [0.1, 0.15) is 21.6 Å². The minimum absolute atomic E-state index is 0.00594. The minimum Gasteiger partial charge on any atom is -0.480 e. The maximum atomic E-state index is 14.9. The van der Waals surface area contributed by atoms with Crippen molar-refractivity contribution in [1.29, 1.82) is 0 Å². The van der Waals surface area contributed by atoms with Gasteiger partial charge >= 0.3 is 0 Å². The monoisotopic (exact) mass is 470 g/mol. The first-order chi connectivity index (χ1) is 15.2. The number of benzene rings is 1. The standard InChI is InChI=1S/C20H18F4N4O3S/c1-30-15-6-26-13(5-27-15)14(29)4-9-2-10(16(22)12(21)3-9)20-8-31-17(18(23)24)11(20)7-32-19(25)28-20/h2-3,5-6,11,17-18H,4,7-8H2,1H3,(H2,25,28)/t11-,17+,20-/m1/s1. The van der Waals surface area contributed by atoms with E-state index in [2.05, 4.69) is 15.0 Å². The molecule has 3 atom stereocenters. The summed E-state index contributed by atoms with van der Waals surface area (Å²) in [7, 11) is 1.39. The molecule has 0 saturated carbocycles. The van der Waals surface area contributed by atoms with E-state index in [0.29, 0.717) is 0 Å². The average molecular weight is 470 g/mol. The number of alkyl halides is 2. The number of nitrogens with zero attached hydrogens (tertiary/aromatic N) is 3. The molecule has 0 radical (unpaired) electrons.